The number of esters is 1. The van der Waals surface area contributed by atoms with E-state index in [1.54, 1.807) is 6.08 Å². The predicted molar refractivity (Wildman–Crippen MR) is 63.5 cm³/mol. The second-order valence-electron chi connectivity index (χ2n) is 3.83. The highest BCUT2D eigenvalue weighted by Gasteiger charge is 1.99. The van der Waals surface area contributed by atoms with Gasteiger partial charge in [0.2, 0.25) is 0 Å². The van der Waals surface area contributed by atoms with Crippen molar-refractivity contribution >= 4 is 5.97 Å². The molecule has 0 saturated carbocycles. The molecule has 0 aliphatic carbocycles. The molecule has 0 rings (SSSR count). The van der Waals surface area contributed by atoms with Crippen LogP contribution >= 0.6 is 0 Å². The van der Waals surface area contributed by atoms with E-state index in [0.717, 1.165) is 12.8 Å². The largest absolute Gasteiger partial charge is 0.435 e. The summed E-state index contributed by atoms with van der Waals surface area (Å²) in [7, 11) is 0. The number of allylic oxidation sites excluding steroid dienone is 1. The number of carbonyl (C=O) groups is 1. The van der Waals surface area contributed by atoms with Gasteiger partial charge in [-0.3, -0.25) is 4.79 Å². The van der Waals surface area contributed by atoms with Gasteiger partial charge in [-0.1, -0.05) is 51.5 Å². The minimum atomic E-state index is -0.110. The molecule has 0 unspecified atom stereocenters. The van der Waals surface area contributed by atoms with Crippen LogP contribution in [-0.2, 0) is 9.53 Å². The highest BCUT2D eigenvalue weighted by Crippen LogP contribution is 2.08. The minimum Gasteiger partial charge on any atom is -0.435 e. The zero-order valence-electron chi connectivity index (χ0n) is 10.1. The molecule has 0 radical (unpaired) electrons. The van der Waals surface area contributed by atoms with E-state index in [1.165, 1.54) is 38.4 Å². The lowest BCUT2D eigenvalue weighted by atomic mass is 10.1. The molecule has 0 bridgehead atoms. The van der Waals surface area contributed by atoms with Gasteiger partial charge in [-0.15, -0.1) is 0 Å². The van der Waals surface area contributed by atoms with Gasteiger partial charge in [0, 0.05) is 6.42 Å². The van der Waals surface area contributed by atoms with Crippen molar-refractivity contribution in [3.05, 3.63) is 12.3 Å². The molecule has 0 heterocycles. The highest BCUT2D eigenvalue weighted by atomic mass is 16.5. The zero-order chi connectivity index (χ0) is 11.4. The molecule has 0 aliphatic heterocycles. The molecule has 0 spiro atoms. The number of ether oxygens (including phenoxy) is 1. The Labute approximate surface area is 93.7 Å². The van der Waals surface area contributed by atoms with Crippen LogP contribution in [0, 0.1) is 0 Å². The molecule has 88 valence electrons. The second-order valence-corrected chi connectivity index (χ2v) is 3.83. The first kappa shape index (κ1) is 14.2. The summed E-state index contributed by atoms with van der Waals surface area (Å²) >= 11 is 0. The van der Waals surface area contributed by atoms with Gasteiger partial charge in [-0.05, 0) is 13.3 Å². The zero-order valence-corrected chi connectivity index (χ0v) is 10.1. The first-order valence-corrected chi connectivity index (χ1v) is 6.12. The molecule has 0 aromatic carbocycles. The molecule has 0 atom stereocenters. The molecule has 0 N–H and O–H groups in total. The third-order valence-corrected chi connectivity index (χ3v) is 2.32. The quantitative estimate of drug-likeness (QED) is 0.325. The van der Waals surface area contributed by atoms with Gasteiger partial charge in [0.1, 0.15) is 0 Å². The van der Waals surface area contributed by atoms with Gasteiger partial charge in [-0.25, -0.2) is 0 Å². The van der Waals surface area contributed by atoms with E-state index in [1.807, 2.05) is 6.92 Å². The molecule has 0 aromatic heterocycles. The van der Waals surface area contributed by atoms with Crippen LogP contribution in [0.3, 0.4) is 0 Å². The smallest absolute Gasteiger partial charge is 0.310 e. The van der Waals surface area contributed by atoms with E-state index in [9.17, 15) is 4.79 Å². The maximum atomic E-state index is 11.1. The number of carbonyl (C=O) groups excluding carboxylic acids is 1. The Bertz CT molecular complexity index is 173. The average molecular weight is 212 g/mol. The molecular weight excluding hydrogens is 188 g/mol. The number of rotatable bonds is 9. The third-order valence-electron chi connectivity index (χ3n) is 2.32. The molecule has 0 saturated heterocycles. The maximum Gasteiger partial charge on any atom is 0.310 e. The van der Waals surface area contributed by atoms with E-state index in [4.69, 9.17) is 4.74 Å². The van der Waals surface area contributed by atoms with Crippen molar-refractivity contribution in [2.75, 3.05) is 0 Å². The summed E-state index contributed by atoms with van der Waals surface area (Å²) in [6, 6.07) is 0. The maximum absolute atomic E-state index is 11.1. The van der Waals surface area contributed by atoms with Crippen LogP contribution in [0.4, 0.5) is 0 Å². The minimum absolute atomic E-state index is 0.110. The summed E-state index contributed by atoms with van der Waals surface area (Å²) in [5.41, 5.74) is 0. The van der Waals surface area contributed by atoms with Gasteiger partial charge in [0.25, 0.3) is 0 Å². The summed E-state index contributed by atoms with van der Waals surface area (Å²) < 4.78 is 4.82. The molecular formula is C13H24O2. The Morgan fingerprint density at radius 3 is 2.27 bits per heavy atom. The topological polar surface area (TPSA) is 26.3 Å². The number of hydrogen-bond donors (Lipinski definition) is 0. The fourth-order valence-corrected chi connectivity index (χ4v) is 1.43. The van der Waals surface area contributed by atoms with Crippen LogP contribution in [0.1, 0.15) is 65.2 Å². The molecule has 2 heteroatoms. The van der Waals surface area contributed by atoms with Crippen LogP contribution in [-0.4, -0.2) is 5.97 Å². The highest BCUT2D eigenvalue weighted by molar-refractivity contribution is 5.69. The number of hydrogen-bond acceptors (Lipinski definition) is 2. The number of unbranched alkanes of at least 4 members (excludes halogenated alkanes) is 6. The normalized spacial score (nSPS) is 10.8. The van der Waals surface area contributed by atoms with Gasteiger partial charge >= 0.3 is 5.97 Å². The molecule has 15 heavy (non-hydrogen) atoms. The van der Waals surface area contributed by atoms with Crippen LogP contribution in [0.2, 0.25) is 0 Å². The van der Waals surface area contributed by atoms with Gasteiger partial charge in [0.05, 0.1) is 6.26 Å². The Morgan fingerprint density at radius 2 is 1.67 bits per heavy atom. The summed E-state index contributed by atoms with van der Waals surface area (Å²) in [4.78, 5) is 11.1. The van der Waals surface area contributed by atoms with Crippen LogP contribution in [0.25, 0.3) is 0 Å². The van der Waals surface area contributed by atoms with Gasteiger partial charge in [0.15, 0.2) is 0 Å². The average Bonchev–Trinajstić information content (AvgIpc) is 2.25. The predicted octanol–water partition coefficient (Wildman–Crippen LogP) is 4.20. The summed E-state index contributed by atoms with van der Waals surface area (Å²) in [6.07, 6.45) is 12.3. The van der Waals surface area contributed by atoms with E-state index >= 15 is 0 Å². The fourth-order valence-electron chi connectivity index (χ4n) is 1.43. The lowest BCUT2D eigenvalue weighted by Crippen LogP contribution is -1.98. The van der Waals surface area contributed by atoms with Crippen molar-refractivity contribution in [2.24, 2.45) is 0 Å². The molecule has 0 fully saturated rings. The molecule has 0 aromatic rings. The van der Waals surface area contributed by atoms with Gasteiger partial charge < -0.3 is 4.74 Å². The summed E-state index contributed by atoms with van der Waals surface area (Å²) in [6.45, 7) is 4.05. The third kappa shape index (κ3) is 11.1. The fraction of sp³-hybridized carbons (Fsp3) is 0.769. The van der Waals surface area contributed by atoms with Crippen molar-refractivity contribution in [3.63, 3.8) is 0 Å². The molecule has 0 amide bonds. The summed E-state index contributed by atoms with van der Waals surface area (Å²) in [5, 5.41) is 0. The van der Waals surface area contributed by atoms with E-state index in [-0.39, 0.29) is 5.97 Å². The molecule has 2 nitrogen and oxygen atoms in total. The SMILES string of the molecule is C/C=C\OC(=O)CCCCCCCCC. The lowest BCUT2D eigenvalue weighted by Gasteiger charge is -2.00. The summed E-state index contributed by atoms with van der Waals surface area (Å²) in [5.74, 6) is -0.110. The van der Waals surface area contributed by atoms with Crippen LogP contribution in [0.15, 0.2) is 12.3 Å². The van der Waals surface area contributed by atoms with Crippen LogP contribution < -0.4 is 0 Å². The standard InChI is InChI=1S/C13H24O2/c1-3-5-6-7-8-9-10-11-13(14)15-12-4-2/h4,12H,3,5-11H2,1-2H3/b12-4-. The Balaban J connectivity index is 3.13. The van der Waals surface area contributed by atoms with Crippen LogP contribution in [0.5, 0.6) is 0 Å². The second kappa shape index (κ2) is 11.3. The Morgan fingerprint density at radius 1 is 1.07 bits per heavy atom. The van der Waals surface area contributed by atoms with Crippen molar-refractivity contribution in [1.29, 1.82) is 0 Å². The lowest BCUT2D eigenvalue weighted by molar-refractivity contribution is -0.138. The van der Waals surface area contributed by atoms with Gasteiger partial charge in [-0.2, -0.15) is 0 Å². The van der Waals surface area contributed by atoms with Crippen molar-refractivity contribution in [2.45, 2.75) is 65.2 Å². The Kier molecular flexibility index (Phi) is 10.7. The van der Waals surface area contributed by atoms with E-state index < -0.39 is 0 Å². The molecule has 0 aliphatic rings. The van der Waals surface area contributed by atoms with Crippen molar-refractivity contribution in [1.82, 2.24) is 0 Å². The van der Waals surface area contributed by atoms with E-state index in [2.05, 4.69) is 6.92 Å². The monoisotopic (exact) mass is 212 g/mol. The van der Waals surface area contributed by atoms with Crippen molar-refractivity contribution < 1.29 is 9.53 Å². The first-order chi connectivity index (χ1) is 7.31. The van der Waals surface area contributed by atoms with Crippen molar-refractivity contribution in [3.8, 4) is 0 Å². The van der Waals surface area contributed by atoms with E-state index in [0.29, 0.717) is 6.42 Å². The Hall–Kier alpha value is -0.790. The first-order valence-electron chi connectivity index (χ1n) is 6.12.